The Hall–Kier alpha value is -3.92. The number of para-hydroxylation sites is 1. The minimum atomic E-state index is -0.335. The molecule has 5 rings (SSSR count). The van der Waals surface area contributed by atoms with E-state index in [1.54, 1.807) is 4.57 Å². The average Bonchev–Trinajstić information content (AvgIpc) is 3.25. The molecule has 1 aliphatic rings. The van der Waals surface area contributed by atoms with Crippen molar-refractivity contribution in [1.29, 1.82) is 0 Å². The number of amides is 1. The molecule has 0 saturated heterocycles. The lowest BCUT2D eigenvalue weighted by molar-refractivity contribution is 0.101. The van der Waals surface area contributed by atoms with Gasteiger partial charge in [0.05, 0.1) is 22.5 Å². The summed E-state index contributed by atoms with van der Waals surface area (Å²) in [7, 11) is 0. The van der Waals surface area contributed by atoms with E-state index in [1.807, 2.05) is 91.0 Å². The van der Waals surface area contributed by atoms with Crippen molar-refractivity contribution >= 4 is 11.6 Å². The number of fused-ring (bicyclic) bond motifs is 1. The van der Waals surface area contributed by atoms with E-state index in [9.17, 15) is 9.90 Å². The van der Waals surface area contributed by atoms with Gasteiger partial charge < -0.3 is 5.11 Å². The van der Waals surface area contributed by atoms with Crippen LogP contribution in [0.2, 0.25) is 0 Å². The number of carbonyl (C=O) groups is 1. The van der Waals surface area contributed by atoms with E-state index < -0.39 is 0 Å². The molecule has 4 heteroatoms. The fourth-order valence-electron chi connectivity index (χ4n) is 3.71. The Labute approximate surface area is 162 Å². The Kier molecular flexibility index (Phi) is 3.69. The van der Waals surface area contributed by atoms with Crippen LogP contribution in [0, 0.1) is 0 Å². The van der Waals surface area contributed by atoms with Crippen molar-refractivity contribution in [2.24, 2.45) is 4.99 Å². The lowest BCUT2D eigenvalue weighted by atomic mass is 10.0. The maximum absolute atomic E-state index is 12.9. The summed E-state index contributed by atoms with van der Waals surface area (Å²) in [6, 6.07) is 28.6. The Balaban J connectivity index is 1.85. The molecule has 3 aromatic carbocycles. The van der Waals surface area contributed by atoms with Crippen molar-refractivity contribution in [1.82, 2.24) is 4.57 Å². The Bertz CT molecular complexity index is 1210. The molecule has 4 nitrogen and oxygen atoms in total. The zero-order valence-corrected chi connectivity index (χ0v) is 14.9. The monoisotopic (exact) mass is 364 g/mol. The molecule has 134 valence electrons. The predicted octanol–water partition coefficient (Wildman–Crippen LogP) is 4.84. The van der Waals surface area contributed by atoms with E-state index in [0.29, 0.717) is 22.5 Å². The lowest BCUT2D eigenvalue weighted by Crippen LogP contribution is -2.02. The highest BCUT2D eigenvalue weighted by atomic mass is 16.3. The van der Waals surface area contributed by atoms with Crippen molar-refractivity contribution in [3.8, 4) is 22.8 Å². The first-order valence-corrected chi connectivity index (χ1v) is 9.03. The number of rotatable bonds is 3. The summed E-state index contributed by atoms with van der Waals surface area (Å²) in [5, 5.41) is 11.2. The smallest absolute Gasteiger partial charge is 0.280 e. The van der Waals surface area contributed by atoms with Gasteiger partial charge in [-0.2, -0.15) is 0 Å². The topological polar surface area (TPSA) is 54.6 Å². The fourth-order valence-corrected chi connectivity index (χ4v) is 3.71. The summed E-state index contributed by atoms with van der Waals surface area (Å²) < 4.78 is 1.73. The first-order chi connectivity index (χ1) is 13.8. The molecule has 28 heavy (non-hydrogen) atoms. The summed E-state index contributed by atoms with van der Waals surface area (Å²) in [4.78, 5) is 17.2. The molecule has 0 radical (unpaired) electrons. The molecule has 0 fully saturated rings. The maximum Gasteiger partial charge on any atom is 0.280 e. The number of aromatic nitrogens is 1. The molecule has 0 aliphatic carbocycles. The third kappa shape index (κ3) is 2.39. The summed E-state index contributed by atoms with van der Waals surface area (Å²) >= 11 is 0. The molecular weight excluding hydrogens is 348 g/mol. The summed E-state index contributed by atoms with van der Waals surface area (Å²) in [5.74, 6) is -0.314. The van der Waals surface area contributed by atoms with Gasteiger partial charge >= 0.3 is 0 Å². The highest BCUT2D eigenvalue weighted by molar-refractivity contribution is 6.30. The van der Waals surface area contributed by atoms with Gasteiger partial charge in [0.1, 0.15) is 0 Å². The van der Waals surface area contributed by atoms with Crippen LogP contribution in [0.1, 0.15) is 21.5 Å². The second-order valence-corrected chi connectivity index (χ2v) is 6.59. The molecule has 4 aromatic rings. The number of hydrogen-bond acceptors (Lipinski definition) is 2. The van der Waals surface area contributed by atoms with Crippen LogP contribution < -0.4 is 0 Å². The van der Waals surface area contributed by atoms with Gasteiger partial charge in [-0.25, -0.2) is 4.99 Å². The van der Waals surface area contributed by atoms with Crippen LogP contribution in [0.4, 0.5) is 0 Å². The largest absolute Gasteiger partial charge is 0.494 e. The third-order valence-corrected chi connectivity index (χ3v) is 4.92. The number of aliphatic imine (C=N–C) groups is 1. The van der Waals surface area contributed by atoms with E-state index in [1.165, 1.54) is 0 Å². The molecule has 0 saturated carbocycles. The molecule has 0 atom stereocenters. The van der Waals surface area contributed by atoms with E-state index in [-0.39, 0.29) is 11.8 Å². The molecule has 0 bridgehead atoms. The molecular formula is C24H16N2O2. The first kappa shape index (κ1) is 16.3. The minimum Gasteiger partial charge on any atom is -0.494 e. The van der Waals surface area contributed by atoms with Gasteiger partial charge in [-0.3, -0.25) is 9.36 Å². The SMILES string of the molecule is O=C1N=C(c2ccccc2)c2c1c(-c1ccccc1)n(-c1ccccc1)c2O. The van der Waals surface area contributed by atoms with Gasteiger partial charge in [0.2, 0.25) is 5.88 Å². The van der Waals surface area contributed by atoms with Crippen molar-refractivity contribution in [3.05, 3.63) is 108 Å². The quantitative estimate of drug-likeness (QED) is 0.565. The summed E-state index contributed by atoms with van der Waals surface area (Å²) in [5.41, 5.74) is 4.51. The van der Waals surface area contributed by atoms with Crippen LogP contribution in [0.15, 0.2) is 96.0 Å². The summed E-state index contributed by atoms with van der Waals surface area (Å²) in [6.45, 7) is 0. The molecule has 2 heterocycles. The molecule has 1 amide bonds. The van der Waals surface area contributed by atoms with Gasteiger partial charge in [0.25, 0.3) is 5.91 Å². The minimum absolute atomic E-state index is 0.0218. The third-order valence-electron chi connectivity index (χ3n) is 4.92. The van der Waals surface area contributed by atoms with Gasteiger partial charge in [-0.1, -0.05) is 78.9 Å². The summed E-state index contributed by atoms with van der Waals surface area (Å²) in [6.07, 6.45) is 0. The number of hydrogen-bond donors (Lipinski definition) is 1. The number of nitrogens with zero attached hydrogens (tertiary/aromatic N) is 2. The second-order valence-electron chi connectivity index (χ2n) is 6.59. The molecule has 1 aliphatic heterocycles. The Morgan fingerprint density at radius 3 is 1.82 bits per heavy atom. The van der Waals surface area contributed by atoms with Crippen molar-refractivity contribution in [2.45, 2.75) is 0 Å². The van der Waals surface area contributed by atoms with Gasteiger partial charge in [-0.05, 0) is 17.7 Å². The number of benzene rings is 3. The van der Waals surface area contributed by atoms with Crippen LogP contribution >= 0.6 is 0 Å². The maximum atomic E-state index is 12.9. The number of aromatic hydroxyl groups is 1. The normalized spacial score (nSPS) is 12.7. The standard InChI is InChI=1S/C24H16N2O2/c27-23-20-19(21(25-23)16-10-4-1-5-11-16)24(28)26(18-14-8-3-9-15-18)22(20)17-12-6-2-7-13-17/h1-15,28H. The highest BCUT2D eigenvalue weighted by Crippen LogP contribution is 2.42. The van der Waals surface area contributed by atoms with Crippen molar-refractivity contribution in [2.75, 3.05) is 0 Å². The van der Waals surface area contributed by atoms with E-state index >= 15 is 0 Å². The Morgan fingerprint density at radius 2 is 1.21 bits per heavy atom. The van der Waals surface area contributed by atoms with Crippen LogP contribution in [0.3, 0.4) is 0 Å². The zero-order valence-electron chi connectivity index (χ0n) is 14.9. The predicted molar refractivity (Wildman–Crippen MR) is 109 cm³/mol. The van der Waals surface area contributed by atoms with Gasteiger partial charge in [-0.15, -0.1) is 0 Å². The fraction of sp³-hybridized carbons (Fsp3) is 0. The first-order valence-electron chi connectivity index (χ1n) is 9.03. The second kappa shape index (κ2) is 6.35. The molecule has 0 spiro atoms. The van der Waals surface area contributed by atoms with Crippen LogP contribution in [0.5, 0.6) is 5.88 Å². The van der Waals surface area contributed by atoms with E-state index in [0.717, 1.165) is 16.8 Å². The van der Waals surface area contributed by atoms with E-state index in [2.05, 4.69) is 4.99 Å². The molecule has 1 aromatic heterocycles. The van der Waals surface area contributed by atoms with Gasteiger partial charge in [0.15, 0.2) is 0 Å². The molecule has 1 N–H and O–H groups in total. The Morgan fingerprint density at radius 1 is 0.679 bits per heavy atom. The van der Waals surface area contributed by atoms with E-state index in [4.69, 9.17) is 0 Å². The highest BCUT2D eigenvalue weighted by Gasteiger charge is 2.36. The van der Waals surface area contributed by atoms with Crippen LogP contribution in [0.25, 0.3) is 16.9 Å². The van der Waals surface area contributed by atoms with Gasteiger partial charge in [0, 0.05) is 11.3 Å². The van der Waals surface area contributed by atoms with Crippen LogP contribution in [-0.2, 0) is 0 Å². The van der Waals surface area contributed by atoms with Crippen LogP contribution in [-0.4, -0.2) is 21.3 Å². The molecule has 0 unspecified atom stereocenters. The van der Waals surface area contributed by atoms with Crippen molar-refractivity contribution in [3.63, 3.8) is 0 Å². The lowest BCUT2D eigenvalue weighted by Gasteiger charge is -2.12. The van der Waals surface area contributed by atoms with Crippen molar-refractivity contribution < 1.29 is 9.90 Å². The number of carbonyl (C=O) groups excluding carboxylic acids is 1. The average molecular weight is 364 g/mol. The zero-order chi connectivity index (χ0) is 19.1.